The predicted molar refractivity (Wildman–Crippen MR) is 109 cm³/mol. The van der Waals surface area contributed by atoms with E-state index in [2.05, 4.69) is 17.1 Å². The van der Waals surface area contributed by atoms with Gasteiger partial charge in [0.15, 0.2) is 0 Å². The molecule has 152 valence electrons. The molecule has 0 fully saturated rings. The number of methoxy groups -OCH3 is 1. The van der Waals surface area contributed by atoms with Gasteiger partial charge in [-0.1, -0.05) is 43.2 Å². The Morgan fingerprint density at radius 1 is 1.00 bits per heavy atom. The fourth-order valence-electron chi connectivity index (χ4n) is 3.03. The van der Waals surface area contributed by atoms with E-state index in [1.54, 1.807) is 12.4 Å². The highest BCUT2D eigenvalue weighted by Gasteiger charge is 2.12. The van der Waals surface area contributed by atoms with E-state index < -0.39 is 0 Å². The number of nitrogens with zero attached hydrogens (tertiary/aromatic N) is 1. The summed E-state index contributed by atoms with van der Waals surface area (Å²) in [6, 6.07) is 14.0. The molecule has 0 aliphatic rings. The summed E-state index contributed by atoms with van der Waals surface area (Å²) in [4.78, 5) is 15.5. The zero-order valence-electron chi connectivity index (χ0n) is 16.7. The van der Waals surface area contributed by atoms with Crippen LogP contribution in [0.1, 0.15) is 44.1 Å². The molecule has 0 amide bonds. The van der Waals surface area contributed by atoms with Gasteiger partial charge >= 0.3 is 5.97 Å². The number of carbonyl (C=O) groups is 1. The molecule has 5 heteroatoms. The molecular weight excluding hydrogens is 354 g/mol. The summed E-state index contributed by atoms with van der Waals surface area (Å²) in [5.74, 6) is 1.07. The lowest BCUT2D eigenvalue weighted by Gasteiger charge is -2.17. The van der Waals surface area contributed by atoms with Crippen LogP contribution in [0.3, 0.4) is 0 Å². The summed E-state index contributed by atoms with van der Waals surface area (Å²) in [5, 5.41) is 0. The second-order valence-electron chi connectivity index (χ2n) is 6.84. The number of hydrogen-bond donors (Lipinski definition) is 0. The van der Waals surface area contributed by atoms with Crippen LogP contribution in [0.15, 0.2) is 54.9 Å². The van der Waals surface area contributed by atoms with Crippen molar-refractivity contribution in [3.8, 4) is 5.75 Å². The van der Waals surface area contributed by atoms with E-state index in [0.717, 1.165) is 44.5 Å². The van der Waals surface area contributed by atoms with Gasteiger partial charge in [0.1, 0.15) is 5.75 Å². The summed E-state index contributed by atoms with van der Waals surface area (Å²) in [6.45, 7) is 2.04. The molecular formula is C23H31NO4. The van der Waals surface area contributed by atoms with E-state index in [4.69, 9.17) is 14.2 Å². The van der Waals surface area contributed by atoms with E-state index >= 15 is 0 Å². The molecule has 0 bridgehead atoms. The first-order chi connectivity index (χ1) is 13.8. The van der Waals surface area contributed by atoms with Gasteiger partial charge in [-0.2, -0.15) is 0 Å². The molecule has 1 heterocycles. The van der Waals surface area contributed by atoms with Crippen LogP contribution in [-0.4, -0.2) is 31.3 Å². The number of rotatable bonds is 14. The van der Waals surface area contributed by atoms with E-state index in [1.165, 1.54) is 12.7 Å². The van der Waals surface area contributed by atoms with Crippen molar-refractivity contribution >= 4 is 5.97 Å². The molecule has 0 aliphatic heterocycles. The van der Waals surface area contributed by atoms with Crippen molar-refractivity contribution in [2.75, 3.05) is 20.3 Å². The quantitative estimate of drug-likeness (QED) is 0.345. The Kier molecular flexibility index (Phi) is 10.7. The summed E-state index contributed by atoms with van der Waals surface area (Å²) in [7, 11) is 1.44. The Balaban J connectivity index is 1.63. The lowest BCUT2D eigenvalue weighted by Crippen LogP contribution is -2.11. The third kappa shape index (κ3) is 9.51. The lowest BCUT2D eigenvalue weighted by molar-refractivity contribution is -0.141. The van der Waals surface area contributed by atoms with Crippen molar-refractivity contribution in [1.82, 2.24) is 4.98 Å². The molecule has 0 radical (unpaired) electrons. The molecule has 28 heavy (non-hydrogen) atoms. The van der Waals surface area contributed by atoms with Crippen LogP contribution >= 0.6 is 0 Å². The van der Waals surface area contributed by atoms with Gasteiger partial charge in [0.2, 0.25) is 0 Å². The number of pyridine rings is 1. The minimum absolute atomic E-state index is 0.149. The number of benzene rings is 1. The number of aromatic nitrogens is 1. The van der Waals surface area contributed by atoms with Gasteiger partial charge in [0, 0.05) is 19.2 Å². The van der Waals surface area contributed by atoms with Crippen molar-refractivity contribution < 1.29 is 19.0 Å². The molecule has 0 saturated heterocycles. The largest absolute Gasteiger partial charge is 0.492 e. The first-order valence-corrected chi connectivity index (χ1v) is 9.99. The highest BCUT2D eigenvalue weighted by Crippen LogP contribution is 2.20. The molecule has 0 saturated carbocycles. The van der Waals surface area contributed by atoms with E-state index in [-0.39, 0.29) is 5.97 Å². The van der Waals surface area contributed by atoms with Crippen molar-refractivity contribution in [2.24, 2.45) is 5.92 Å². The van der Waals surface area contributed by atoms with Crippen LogP contribution in [0.5, 0.6) is 5.75 Å². The summed E-state index contributed by atoms with van der Waals surface area (Å²) in [5.41, 5.74) is 1.20. The SMILES string of the molecule is COC(=O)CC[C@H](CCCCOCc1ccccc1)CCOc1cccnc1. The third-order valence-electron chi connectivity index (χ3n) is 4.68. The maximum Gasteiger partial charge on any atom is 0.305 e. The Labute approximate surface area is 168 Å². The lowest BCUT2D eigenvalue weighted by atomic mass is 9.94. The van der Waals surface area contributed by atoms with Gasteiger partial charge < -0.3 is 14.2 Å². The number of carbonyl (C=O) groups excluding carboxylic acids is 1. The number of ether oxygens (including phenoxy) is 3. The van der Waals surface area contributed by atoms with E-state index in [1.807, 2.05) is 30.3 Å². The van der Waals surface area contributed by atoms with Gasteiger partial charge in [-0.3, -0.25) is 9.78 Å². The van der Waals surface area contributed by atoms with Crippen molar-refractivity contribution in [1.29, 1.82) is 0 Å². The van der Waals surface area contributed by atoms with Crippen LogP contribution in [0, 0.1) is 5.92 Å². The highest BCUT2D eigenvalue weighted by molar-refractivity contribution is 5.69. The second kappa shape index (κ2) is 13.7. The molecule has 0 unspecified atom stereocenters. The zero-order valence-corrected chi connectivity index (χ0v) is 16.7. The Morgan fingerprint density at radius 2 is 1.86 bits per heavy atom. The summed E-state index contributed by atoms with van der Waals surface area (Å²) < 4.78 is 16.3. The summed E-state index contributed by atoms with van der Waals surface area (Å²) >= 11 is 0. The predicted octanol–water partition coefficient (Wildman–Crippen LogP) is 4.81. The molecule has 1 aromatic carbocycles. The average molecular weight is 386 g/mol. The van der Waals surface area contributed by atoms with Gasteiger partial charge in [-0.05, 0) is 42.9 Å². The highest BCUT2D eigenvalue weighted by atomic mass is 16.5. The molecule has 0 spiro atoms. The maximum atomic E-state index is 11.5. The number of esters is 1. The molecule has 0 aliphatic carbocycles. The maximum absolute atomic E-state index is 11.5. The average Bonchev–Trinajstić information content (AvgIpc) is 2.75. The summed E-state index contributed by atoms with van der Waals surface area (Å²) in [6.07, 6.45) is 8.79. The fraction of sp³-hybridized carbons (Fsp3) is 0.478. The van der Waals surface area contributed by atoms with Crippen LogP contribution < -0.4 is 4.74 Å². The molecule has 1 aromatic heterocycles. The van der Waals surface area contributed by atoms with E-state index in [0.29, 0.717) is 25.6 Å². The Bertz CT molecular complexity index is 648. The fourth-order valence-corrected chi connectivity index (χ4v) is 3.03. The normalized spacial score (nSPS) is 11.8. The molecule has 5 nitrogen and oxygen atoms in total. The van der Waals surface area contributed by atoms with Crippen LogP contribution in [0.4, 0.5) is 0 Å². The molecule has 2 aromatic rings. The Morgan fingerprint density at radius 3 is 2.61 bits per heavy atom. The monoisotopic (exact) mass is 385 g/mol. The second-order valence-corrected chi connectivity index (χ2v) is 6.84. The van der Waals surface area contributed by atoms with Crippen LogP contribution in [-0.2, 0) is 20.9 Å². The number of unbranched alkanes of at least 4 members (excludes halogenated alkanes) is 1. The van der Waals surface area contributed by atoms with Gasteiger partial charge in [0.25, 0.3) is 0 Å². The smallest absolute Gasteiger partial charge is 0.305 e. The van der Waals surface area contributed by atoms with Gasteiger partial charge in [0.05, 0.1) is 26.5 Å². The zero-order chi connectivity index (χ0) is 19.9. The van der Waals surface area contributed by atoms with Crippen LogP contribution in [0.2, 0.25) is 0 Å². The first-order valence-electron chi connectivity index (χ1n) is 9.99. The van der Waals surface area contributed by atoms with Crippen LogP contribution in [0.25, 0.3) is 0 Å². The van der Waals surface area contributed by atoms with Crippen molar-refractivity contribution in [2.45, 2.75) is 45.1 Å². The van der Waals surface area contributed by atoms with Gasteiger partial charge in [-0.25, -0.2) is 0 Å². The van der Waals surface area contributed by atoms with E-state index in [9.17, 15) is 4.79 Å². The molecule has 1 atom stereocenters. The third-order valence-corrected chi connectivity index (χ3v) is 4.68. The van der Waals surface area contributed by atoms with Gasteiger partial charge in [-0.15, -0.1) is 0 Å². The minimum atomic E-state index is -0.149. The molecule has 0 N–H and O–H groups in total. The number of hydrogen-bond acceptors (Lipinski definition) is 5. The minimum Gasteiger partial charge on any atom is -0.492 e. The standard InChI is InChI=1S/C23H31NO4/c1-26-23(25)13-12-20(14-17-28-22-11-7-15-24-18-22)8-5-6-16-27-19-21-9-3-2-4-10-21/h2-4,7,9-11,15,18,20H,5-6,8,12-14,16-17,19H2,1H3/t20-/m0/s1. The molecule has 2 rings (SSSR count). The Hall–Kier alpha value is -2.40. The first kappa shape index (κ1) is 21.9. The van der Waals surface area contributed by atoms with Crippen molar-refractivity contribution in [3.05, 3.63) is 60.4 Å². The topological polar surface area (TPSA) is 57.7 Å². The van der Waals surface area contributed by atoms with Crippen molar-refractivity contribution in [3.63, 3.8) is 0 Å².